The molecule has 7 heteroatoms. The number of rotatable bonds is 5. The fourth-order valence-corrected chi connectivity index (χ4v) is 3.70. The van der Waals surface area contributed by atoms with Gasteiger partial charge in [-0.2, -0.15) is 0 Å². The first kappa shape index (κ1) is 19.3. The van der Waals surface area contributed by atoms with Gasteiger partial charge in [0.25, 0.3) is 11.8 Å². The molecule has 1 aliphatic heterocycles. The Balaban J connectivity index is 2.06. The van der Waals surface area contributed by atoms with Gasteiger partial charge >= 0.3 is 0 Å². The van der Waals surface area contributed by atoms with E-state index in [1.807, 2.05) is 60.7 Å². The third-order valence-corrected chi connectivity index (χ3v) is 5.14. The number of carbonyl (C=O) groups is 3. The Morgan fingerprint density at radius 2 is 1.70 bits per heavy atom. The smallest absolute Gasteiger partial charge is 0.262 e. The maximum Gasteiger partial charge on any atom is 0.262 e. The summed E-state index contributed by atoms with van der Waals surface area (Å²) in [4.78, 5) is 45.2. The number of amides is 3. The van der Waals surface area contributed by atoms with Crippen molar-refractivity contribution < 1.29 is 14.4 Å². The van der Waals surface area contributed by atoms with Crippen LogP contribution in [-0.2, 0) is 11.3 Å². The molecule has 1 N–H and O–H groups in total. The summed E-state index contributed by atoms with van der Waals surface area (Å²) >= 11 is 0. The average Bonchev–Trinajstić information content (AvgIpc) is 3.06. The number of aromatic nitrogens is 1. The summed E-state index contributed by atoms with van der Waals surface area (Å²) in [6.07, 6.45) is 0.338. The molecule has 150 valence electrons. The molecule has 7 nitrogen and oxygen atoms in total. The van der Waals surface area contributed by atoms with E-state index in [1.165, 1.54) is 0 Å². The molecule has 0 aliphatic carbocycles. The molecule has 0 unspecified atom stereocenters. The second-order valence-corrected chi connectivity index (χ2v) is 7.02. The number of hydrogen-bond acceptors (Lipinski definition) is 5. The molecule has 1 aliphatic rings. The van der Waals surface area contributed by atoms with E-state index >= 15 is 0 Å². The van der Waals surface area contributed by atoms with E-state index in [-0.39, 0.29) is 11.5 Å². The highest BCUT2D eigenvalue weighted by atomic mass is 16.2. The van der Waals surface area contributed by atoms with Crippen molar-refractivity contribution in [2.75, 3.05) is 19.0 Å². The predicted molar refractivity (Wildman–Crippen MR) is 114 cm³/mol. The van der Waals surface area contributed by atoms with Gasteiger partial charge in [0, 0.05) is 25.3 Å². The number of nitrogens with zero attached hydrogens (tertiary/aromatic N) is 3. The second-order valence-electron chi connectivity index (χ2n) is 7.02. The standard InChI is InChI=1S/C23H20N4O3/c1-26-13-17-19(23(26)30)18(15-9-5-3-6-10-15)20(22(29)24-14-28)21(25-17)27(2)16-11-7-4-8-12-16/h3-12,14H,13H2,1-2H3,(H,24,28,29). The van der Waals surface area contributed by atoms with Crippen molar-refractivity contribution in [2.24, 2.45) is 0 Å². The molecule has 0 spiro atoms. The van der Waals surface area contributed by atoms with Crippen molar-refractivity contribution >= 4 is 29.7 Å². The van der Waals surface area contributed by atoms with Crippen LogP contribution in [0.5, 0.6) is 0 Å². The highest BCUT2D eigenvalue weighted by molar-refractivity contribution is 6.15. The molecule has 0 radical (unpaired) electrons. The quantitative estimate of drug-likeness (QED) is 0.666. The van der Waals surface area contributed by atoms with E-state index in [0.29, 0.717) is 41.2 Å². The van der Waals surface area contributed by atoms with Crippen LogP contribution < -0.4 is 10.2 Å². The molecule has 0 atom stereocenters. The summed E-state index contributed by atoms with van der Waals surface area (Å²) in [5.41, 5.74) is 3.18. The Kier molecular flexibility index (Phi) is 5.02. The maximum atomic E-state index is 13.0. The first-order valence-corrected chi connectivity index (χ1v) is 9.44. The van der Waals surface area contributed by atoms with E-state index in [1.54, 1.807) is 23.9 Å². The van der Waals surface area contributed by atoms with E-state index in [9.17, 15) is 14.4 Å². The van der Waals surface area contributed by atoms with Crippen molar-refractivity contribution in [3.05, 3.63) is 77.5 Å². The van der Waals surface area contributed by atoms with Gasteiger partial charge in [0.1, 0.15) is 5.82 Å². The Bertz CT molecular complexity index is 1130. The van der Waals surface area contributed by atoms with Crippen LogP contribution in [0.4, 0.5) is 11.5 Å². The number of nitrogens with one attached hydrogen (secondary N) is 1. The van der Waals surface area contributed by atoms with Gasteiger partial charge in [0.2, 0.25) is 6.41 Å². The average molecular weight is 400 g/mol. The fourth-order valence-electron chi connectivity index (χ4n) is 3.70. The SMILES string of the molecule is CN1Cc2nc(N(C)c3ccccc3)c(C(=O)NC=O)c(-c3ccccc3)c2C1=O. The van der Waals surface area contributed by atoms with Crippen LogP contribution in [0.3, 0.4) is 0 Å². The van der Waals surface area contributed by atoms with Gasteiger partial charge in [-0.3, -0.25) is 19.7 Å². The number of anilines is 2. The molecule has 0 fully saturated rings. The Labute approximate surface area is 174 Å². The molecular formula is C23H20N4O3. The Morgan fingerprint density at radius 1 is 1.07 bits per heavy atom. The summed E-state index contributed by atoms with van der Waals surface area (Å²) < 4.78 is 0. The van der Waals surface area contributed by atoms with Crippen LogP contribution >= 0.6 is 0 Å². The van der Waals surface area contributed by atoms with Crippen molar-refractivity contribution in [2.45, 2.75) is 6.54 Å². The highest BCUT2D eigenvalue weighted by Crippen LogP contribution is 2.39. The van der Waals surface area contributed by atoms with Crippen LogP contribution in [0.2, 0.25) is 0 Å². The third-order valence-electron chi connectivity index (χ3n) is 5.14. The van der Waals surface area contributed by atoms with Crippen molar-refractivity contribution in [1.29, 1.82) is 0 Å². The van der Waals surface area contributed by atoms with E-state index in [4.69, 9.17) is 4.98 Å². The lowest BCUT2D eigenvalue weighted by atomic mass is 9.93. The molecule has 0 saturated heterocycles. The molecule has 0 saturated carbocycles. The summed E-state index contributed by atoms with van der Waals surface area (Å²) in [5.74, 6) is -0.439. The van der Waals surface area contributed by atoms with Crippen LogP contribution in [0.1, 0.15) is 26.4 Å². The number of pyridine rings is 1. The van der Waals surface area contributed by atoms with Gasteiger partial charge in [0.15, 0.2) is 0 Å². The topological polar surface area (TPSA) is 82.6 Å². The zero-order valence-corrected chi connectivity index (χ0v) is 16.6. The molecule has 4 rings (SSSR count). The van der Waals surface area contributed by atoms with E-state index < -0.39 is 5.91 Å². The Morgan fingerprint density at radius 3 is 2.33 bits per heavy atom. The number of benzene rings is 2. The number of carbonyl (C=O) groups excluding carboxylic acids is 3. The maximum absolute atomic E-state index is 13.0. The van der Waals surface area contributed by atoms with Gasteiger partial charge in [-0.25, -0.2) is 4.98 Å². The first-order valence-electron chi connectivity index (χ1n) is 9.44. The van der Waals surface area contributed by atoms with Crippen LogP contribution in [0, 0.1) is 0 Å². The van der Waals surface area contributed by atoms with E-state index in [0.717, 1.165) is 5.69 Å². The van der Waals surface area contributed by atoms with Gasteiger partial charge < -0.3 is 9.80 Å². The Hall–Kier alpha value is -4.00. The summed E-state index contributed by atoms with van der Waals surface area (Å²) in [6, 6.07) is 18.7. The van der Waals surface area contributed by atoms with Crippen molar-refractivity contribution in [3.63, 3.8) is 0 Å². The molecule has 2 aromatic carbocycles. The molecule has 0 bridgehead atoms. The normalized spacial score (nSPS) is 12.5. The number of para-hydroxylation sites is 1. The lowest BCUT2D eigenvalue weighted by Crippen LogP contribution is -2.27. The molecule has 3 amide bonds. The first-order chi connectivity index (χ1) is 14.5. The van der Waals surface area contributed by atoms with Crippen LogP contribution in [-0.4, -0.2) is 42.2 Å². The minimum absolute atomic E-state index is 0.182. The third kappa shape index (κ3) is 3.20. The molecule has 3 aromatic rings. The van der Waals surface area contributed by atoms with Gasteiger partial charge in [-0.1, -0.05) is 48.5 Å². The molecular weight excluding hydrogens is 380 g/mol. The van der Waals surface area contributed by atoms with Gasteiger partial charge in [0.05, 0.1) is 23.4 Å². The highest BCUT2D eigenvalue weighted by Gasteiger charge is 2.35. The van der Waals surface area contributed by atoms with Crippen molar-refractivity contribution in [3.8, 4) is 11.1 Å². The predicted octanol–water partition coefficient (Wildman–Crippen LogP) is 2.99. The minimum Gasteiger partial charge on any atom is -0.336 e. The number of hydrogen-bond donors (Lipinski definition) is 1. The largest absolute Gasteiger partial charge is 0.336 e. The summed E-state index contributed by atoms with van der Waals surface area (Å²) in [5, 5.41) is 2.22. The van der Waals surface area contributed by atoms with Crippen LogP contribution in [0.15, 0.2) is 60.7 Å². The summed E-state index contributed by atoms with van der Waals surface area (Å²) in [7, 11) is 3.50. The monoisotopic (exact) mass is 400 g/mol. The van der Waals surface area contributed by atoms with E-state index in [2.05, 4.69) is 5.32 Å². The number of fused-ring (bicyclic) bond motifs is 1. The zero-order valence-electron chi connectivity index (χ0n) is 16.6. The molecule has 1 aromatic heterocycles. The van der Waals surface area contributed by atoms with Gasteiger partial charge in [-0.05, 0) is 17.7 Å². The lowest BCUT2D eigenvalue weighted by molar-refractivity contribution is -0.108. The molecule has 30 heavy (non-hydrogen) atoms. The van der Waals surface area contributed by atoms with Gasteiger partial charge in [-0.15, -0.1) is 0 Å². The van der Waals surface area contributed by atoms with Crippen molar-refractivity contribution in [1.82, 2.24) is 15.2 Å². The number of imide groups is 1. The fraction of sp³-hybridized carbons (Fsp3) is 0.130. The summed E-state index contributed by atoms with van der Waals surface area (Å²) in [6.45, 7) is 0.346. The minimum atomic E-state index is -0.612. The zero-order chi connectivity index (χ0) is 21.3. The molecule has 2 heterocycles. The lowest BCUT2D eigenvalue weighted by Gasteiger charge is -2.24. The second kappa shape index (κ2) is 7.79. The van der Waals surface area contributed by atoms with Crippen LogP contribution in [0.25, 0.3) is 11.1 Å².